The zero-order valence-corrected chi connectivity index (χ0v) is 16.3. The molecule has 1 fully saturated rings. The molecule has 0 bridgehead atoms. The summed E-state index contributed by atoms with van der Waals surface area (Å²) in [5.74, 6) is -0.0457. The molecule has 1 saturated heterocycles. The molecular weight excluding hydrogens is 357 g/mol. The Kier molecular flexibility index (Phi) is 7.40. The number of nitrogens with zero attached hydrogens (tertiary/aromatic N) is 2. The smallest absolute Gasteiger partial charge is 0.220 e. The van der Waals surface area contributed by atoms with Gasteiger partial charge in [0.25, 0.3) is 0 Å². The summed E-state index contributed by atoms with van der Waals surface area (Å²) < 4.78 is 40.2. The lowest BCUT2D eigenvalue weighted by atomic mass is 10.1. The minimum absolute atomic E-state index is 0.00859. The van der Waals surface area contributed by atoms with Gasteiger partial charge in [-0.2, -0.15) is 4.31 Å². The second-order valence-corrected chi connectivity index (χ2v) is 9.04. The zero-order valence-electron chi connectivity index (χ0n) is 15.4. The standard InChI is InChI=1S/C18H28FN3O3S/c1-15(2)14-18(23)20-8-5-13-26(24,25)22-11-9-21(10-12-22)17-7-4-3-6-16(17)19/h3-4,6-7,15H,5,8-14H2,1-2H3,(H,20,23). The van der Waals surface area contributed by atoms with E-state index >= 15 is 0 Å². The summed E-state index contributed by atoms with van der Waals surface area (Å²) in [6, 6.07) is 6.53. The molecule has 6 nitrogen and oxygen atoms in total. The van der Waals surface area contributed by atoms with E-state index < -0.39 is 10.0 Å². The van der Waals surface area contributed by atoms with Crippen molar-refractivity contribution in [2.75, 3.05) is 43.4 Å². The number of piperazine rings is 1. The summed E-state index contributed by atoms with van der Waals surface area (Å²) in [7, 11) is -3.36. The molecule has 1 aromatic rings. The molecular formula is C18H28FN3O3S. The Morgan fingerprint density at radius 2 is 1.85 bits per heavy atom. The zero-order chi connectivity index (χ0) is 19.2. The number of carbonyl (C=O) groups is 1. The third kappa shape index (κ3) is 5.95. The van der Waals surface area contributed by atoms with Crippen LogP contribution in [0.2, 0.25) is 0 Å². The molecule has 0 spiro atoms. The van der Waals surface area contributed by atoms with Crippen LogP contribution in [0.3, 0.4) is 0 Å². The molecule has 1 aliphatic heterocycles. The molecule has 0 aliphatic carbocycles. The van der Waals surface area contributed by atoms with Crippen molar-refractivity contribution in [3.05, 3.63) is 30.1 Å². The van der Waals surface area contributed by atoms with Crippen molar-refractivity contribution in [3.8, 4) is 0 Å². The summed E-state index contributed by atoms with van der Waals surface area (Å²) in [6.45, 7) is 5.90. The molecule has 0 saturated carbocycles. The lowest BCUT2D eigenvalue weighted by molar-refractivity contribution is -0.121. The number of nitrogens with one attached hydrogen (secondary N) is 1. The number of carbonyl (C=O) groups excluding carboxylic acids is 1. The number of halogens is 1. The van der Waals surface area contributed by atoms with Gasteiger partial charge in [0.15, 0.2) is 0 Å². The van der Waals surface area contributed by atoms with Crippen molar-refractivity contribution in [2.45, 2.75) is 26.7 Å². The molecule has 146 valence electrons. The summed E-state index contributed by atoms with van der Waals surface area (Å²) in [6.07, 6.45) is 0.838. The van der Waals surface area contributed by atoms with Crippen LogP contribution >= 0.6 is 0 Å². The van der Waals surface area contributed by atoms with Crippen molar-refractivity contribution in [3.63, 3.8) is 0 Å². The lowest BCUT2D eigenvalue weighted by Crippen LogP contribution is -2.49. The SMILES string of the molecule is CC(C)CC(=O)NCCCS(=O)(=O)N1CCN(c2ccccc2F)CC1. The maximum atomic E-state index is 13.8. The number of hydrogen-bond donors (Lipinski definition) is 1. The van der Waals surface area contributed by atoms with E-state index in [1.807, 2.05) is 18.7 Å². The van der Waals surface area contributed by atoms with Crippen molar-refractivity contribution in [1.29, 1.82) is 0 Å². The van der Waals surface area contributed by atoms with Gasteiger partial charge in [0, 0.05) is 39.1 Å². The van der Waals surface area contributed by atoms with Crippen molar-refractivity contribution in [2.24, 2.45) is 5.92 Å². The van der Waals surface area contributed by atoms with Gasteiger partial charge in [0.1, 0.15) is 5.82 Å². The second kappa shape index (κ2) is 9.32. The summed E-state index contributed by atoms with van der Waals surface area (Å²) >= 11 is 0. The minimum atomic E-state index is -3.36. The molecule has 26 heavy (non-hydrogen) atoms. The van der Waals surface area contributed by atoms with Crippen molar-refractivity contribution in [1.82, 2.24) is 9.62 Å². The predicted molar refractivity (Wildman–Crippen MR) is 101 cm³/mol. The number of sulfonamides is 1. The predicted octanol–water partition coefficient (Wildman–Crippen LogP) is 1.83. The molecule has 8 heteroatoms. The largest absolute Gasteiger partial charge is 0.367 e. The molecule has 0 atom stereocenters. The van der Waals surface area contributed by atoms with Gasteiger partial charge in [-0.15, -0.1) is 0 Å². The van der Waals surface area contributed by atoms with E-state index in [0.29, 0.717) is 51.3 Å². The highest BCUT2D eigenvalue weighted by Gasteiger charge is 2.27. The monoisotopic (exact) mass is 385 g/mol. The van der Waals surface area contributed by atoms with Crippen molar-refractivity contribution >= 4 is 21.6 Å². The van der Waals surface area contributed by atoms with Crippen LogP contribution in [0.15, 0.2) is 24.3 Å². The van der Waals surface area contributed by atoms with Gasteiger partial charge in [0.2, 0.25) is 15.9 Å². The number of anilines is 1. The molecule has 1 heterocycles. The third-order valence-electron chi connectivity index (χ3n) is 4.32. The Labute approximate surface area is 155 Å². The van der Waals surface area contributed by atoms with E-state index in [0.717, 1.165) is 0 Å². The first-order valence-electron chi connectivity index (χ1n) is 9.03. The van der Waals surface area contributed by atoms with Crippen LogP contribution in [0.1, 0.15) is 26.7 Å². The Bertz CT molecular complexity index is 701. The van der Waals surface area contributed by atoms with E-state index in [1.165, 1.54) is 10.4 Å². The maximum absolute atomic E-state index is 13.8. The fourth-order valence-corrected chi connectivity index (χ4v) is 4.46. The van der Waals surface area contributed by atoms with Crippen LogP contribution in [0.5, 0.6) is 0 Å². The first-order chi connectivity index (χ1) is 12.3. The molecule has 0 radical (unpaired) electrons. The van der Waals surface area contributed by atoms with Gasteiger partial charge in [-0.3, -0.25) is 4.79 Å². The van der Waals surface area contributed by atoms with Gasteiger partial charge in [-0.05, 0) is 24.5 Å². The Balaban J connectivity index is 1.77. The van der Waals surface area contributed by atoms with Crippen LogP contribution in [-0.2, 0) is 14.8 Å². The molecule has 1 aromatic carbocycles. The van der Waals surface area contributed by atoms with Crippen LogP contribution < -0.4 is 10.2 Å². The summed E-state index contributed by atoms with van der Waals surface area (Å²) in [4.78, 5) is 13.4. The molecule has 1 amide bonds. The minimum Gasteiger partial charge on any atom is -0.367 e. The molecule has 2 rings (SSSR count). The van der Waals surface area contributed by atoms with Crippen molar-refractivity contribution < 1.29 is 17.6 Å². The van der Waals surface area contributed by atoms with Crippen LogP contribution in [-0.4, -0.2) is 57.1 Å². The fraction of sp³-hybridized carbons (Fsp3) is 0.611. The highest BCUT2D eigenvalue weighted by Crippen LogP contribution is 2.21. The number of rotatable bonds is 8. The summed E-state index contributed by atoms with van der Waals surface area (Å²) in [5.41, 5.74) is 0.511. The van der Waals surface area contributed by atoms with Gasteiger partial charge in [-0.25, -0.2) is 12.8 Å². The van der Waals surface area contributed by atoms with E-state index in [2.05, 4.69) is 5.32 Å². The van der Waals surface area contributed by atoms with Crippen LogP contribution in [0.25, 0.3) is 0 Å². The number of hydrogen-bond acceptors (Lipinski definition) is 4. The normalized spacial score (nSPS) is 16.1. The first-order valence-corrected chi connectivity index (χ1v) is 10.6. The second-order valence-electron chi connectivity index (χ2n) is 6.95. The molecule has 0 unspecified atom stereocenters. The topological polar surface area (TPSA) is 69.7 Å². The highest BCUT2D eigenvalue weighted by atomic mass is 32.2. The average Bonchev–Trinajstić information content (AvgIpc) is 2.59. The highest BCUT2D eigenvalue weighted by molar-refractivity contribution is 7.89. The average molecular weight is 386 g/mol. The lowest BCUT2D eigenvalue weighted by Gasteiger charge is -2.35. The van der Waals surface area contributed by atoms with Gasteiger partial charge in [0.05, 0.1) is 11.4 Å². The van der Waals surface area contributed by atoms with E-state index in [9.17, 15) is 17.6 Å². The Hall–Kier alpha value is -1.67. The summed E-state index contributed by atoms with van der Waals surface area (Å²) in [5, 5.41) is 2.75. The van der Waals surface area contributed by atoms with Gasteiger partial charge >= 0.3 is 0 Å². The number of para-hydroxylation sites is 1. The fourth-order valence-electron chi connectivity index (χ4n) is 2.97. The van der Waals surface area contributed by atoms with E-state index in [4.69, 9.17) is 0 Å². The van der Waals surface area contributed by atoms with Crippen LogP contribution in [0, 0.1) is 11.7 Å². The number of benzene rings is 1. The van der Waals surface area contributed by atoms with E-state index in [-0.39, 0.29) is 23.4 Å². The molecule has 1 aliphatic rings. The van der Waals surface area contributed by atoms with Gasteiger partial charge < -0.3 is 10.2 Å². The molecule has 0 aromatic heterocycles. The quantitative estimate of drug-likeness (QED) is 0.693. The first kappa shape index (κ1) is 20.6. The molecule has 1 N–H and O–H groups in total. The van der Waals surface area contributed by atoms with E-state index in [1.54, 1.807) is 18.2 Å². The van der Waals surface area contributed by atoms with Gasteiger partial charge in [-0.1, -0.05) is 26.0 Å². The van der Waals surface area contributed by atoms with Crippen LogP contribution in [0.4, 0.5) is 10.1 Å². The Morgan fingerprint density at radius 1 is 1.19 bits per heavy atom. The number of amides is 1. The third-order valence-corrected chi connectivity index (χ3v) is 6.28. The Morgan fingerprint density at radius 3 is 2.46 bits per heavy atom. The maximum Gasteiger partial charge on any atom is 0.220 e.